The van der Waals surface area contributed by atoms with Crippen molar-refractivity contribution < 1.29 is 0 Å². The highest BCUT2D eigenvalue weighted by molar-refractivity contribution is 5.40. The number of nitrogens with zero attached hydrogens (tertiary/aromatic N) is 6. The average molecular weight is 385 g/mol. The average Bonchev–Trinajstić information content (AvgIpc) is 3.36. The molecule has 1 atom stereocenters. The number of hydrogen-bond acceptors (Lipinski definition) is 6. The van der Waals surface area contributed by atoms with Gasteiger partial charge in [0, 0.05) is 38.8 Å². The van der Waals surface area contributed by atoms with Crippen LogP contribution in [0.1, 0.15) is 51.9 Å². The van der Waals surface area contributed by atoms with Crippen molar-refractivity contribution in [2.75, 3.05) is 58.9 Å². The van der Waals surface area contributed by atoms with Crippen LogP contribution in [0.2, 0.25) is 0 Å². The maximum Gasteiger partial charge on any atom is 0.169 e. The topological polar surface area (TPSA) is 60.5 Å². The van der Waals surface area contributed by atoms with E-state index in [2.05, 4.69) is 38.7 Å². The summed E-state index contributed by atoms with van der Waals surface area (Å²) in [6, 6.07) is 4.99. The van der Waals surface area contributed by atoms with Crippen LogP contribution < -0.4 is 0 Å². The number of likely N-dealkylation sites (tertiary alicyclic amines) is 2. The molecule has 0 amide bonds. The molecule has 0 aromatic carbocycles. The molecular weight excluding hydrogens is 348 g/mol. The Bertz CT molecular complexity index is 593. The zero-order chi connectivity index (χ0) is 19.8. The molecule has 0 bridgehead atoms. The second-order valence-electron chi connectivity index (χ2n) is 8.53. The van der Waals surface area contributed by atoms with E-state index < -0.39 is 0 Å². The number of nitriles is 2. The summed E-state index contributed by atoms with van der Waals surface area (Å²) < 4.78 is 0. The Morgan fingerprint density at radius 2 is 1.43 bits per heavy atom. The molecule has 0 saturated carbocycles. The first-order valence-corrected chi connectivity index (χ1v) is 11.2. The fourth-order valence-corrected chi connectivity index (χ4v) is 4.98. The Balaban J connectivity index is 1.52. The third-order valence-electron chi connectivity index (χ3n) is 6.60. The Morgan fingerprint density at radius 3 is 2.04 bits per heavy atom. The number of hydrogen-bond donors (Lipinski definition) is 0. The van der Waals surface area contributed by atoms with E-state index in [1.807, 2.05) is 0 Å². The van der Waals surface area contributed by atoms with Crippen molar-refractivity contribution >= 4 is 0 Å². The molecule has 0 aliphatic carbocycles. The first-order valence-electron chi connectivity index (χ1n) is 11.2. The van der Waals surface area contributed by atoms with Crippen molar-refractivity contribution in [1.82, 2.24) is 19.6 Å². The number of allylic oxidation sites excluding steroid dienone is 1. The zero-order valence-corrected chi connectivity index (χ0v) is 17.6. The van der Waals surface area contributed by atoms with Gasteiger partial charge in [-0.3, -0.25) is 0 Å². The van der Waals surface area contributed by atoms with Crippen molar-refractivity contribution in [1.29, 1.82) is 10.5 Å². The van der Waals surface area contributed by atoms with Gasteiger partial charge in [-0.05, 0) is 71.6 Å². The van der Waals surface area contributed by atoms with E-state index in [0.717, 1.165) is 57.9 Å². The van der Waals surface area contributed by atoms with Crippen molar-refractivity contribution in [3.05, 3.63) is 11.4 Å². The molecule has 1 unspecified atom stereocenters. The van der Waals surface area contributed by atoms with Crippen LogP contribution in [0, 0.1) is 22.7 Å². The van der Waals surface area contributed by atoms with Gasteiger partial charge in [0.25, 0.3) is 0 Å². The van der Waals surface area contributed by atoms with Gasteiger partial charge >= 0.3 is 0 Å². The molecule has 0 aromatic rings. The van der Waals surface area contributed by atoms with Crippen LogP contribution in [0.4, 0.5) is 0 Å². The molecule has 0 spiro atoms. The molecule has 0 radical (unpaired) electrons. The molecule has 6 heteroatoms. The first-order chi connectivity index (χ1) is 13.7. The van der Waals surface area contributed by atoms with Crippen molar-refractivity contribution in [3.63, 3.8) is 0 Å². The normalized spacial score (nSPS) is 23.8. The van der Waals surface area contributed by atoms with Crippen LogP contribution in [0.25, 0.3) is 0 Å². The minimum absolute atomic E-state index is 0.282. The van der Waals surface area contributed by atoms with Gasteiger partial charge < -0.3 is 19.6 Å². The van der Waals surface area contributed by atoms with Gasteiger partial charge in [-0.2, -0.15) is 10.5 Å². The molecule has 3 heterocycles. The van der Waals surface area contributed by atoms with Gasteiger partial charge in [-0.1, -0.05) is 6.42 Å². The molecular formula is C22H36N6. The molecule has 0 aromatic heterocycles. The monoisotopic (exact) mass is 384 g/mol. The summed E-state index contributed by atoms with van der Waals surface area (Å²) in [5.41, 5.74) is 0.282. The van der Waals surface area contributed by atoms with E-state index in [-0.39, 0.29) is 5.57 Å². The van der Waals surface area contributed by atoms with Gasteiger partial charge in [-0.15, -0.1) is 0 Å². The lowest BCUT2D eigenvalue weighted by Crippen LogP contribution is -2.39. The highest BCUT2D eigenvalue weighted by Gasteiger charge is 2.28. The second-order valence-corrected chi connectivity index (χ2v) is 8.53. The summed E-state index contributed by atoms with van der Waals surface area (Å²) in [6.45, 7) is 12.0. The fourth-order valence-electron chi connectivity index (χ4n) is 4.98. The molecule has 3 aliphatic rings. The summed E-state index contributed by atoms with van der Waals surface area (Å²) in [6.07, 6.45) is 8.84. The third kappa shape index (κ3) is 5.40. The lowest BCUT2D eigenvalue weighted by molar-refractivity contribution is 0.153. The molecule has 0 N–H and O–H groups in total. The van der Waals surface area contributed by atoms with Crippen LogP contribution in [0.5, 0.6) is 0 Å². The van der Waals surface area contributed by atoms with Crippen LogP contribution in [0.15, 0.2) is 11.4 Å². The minimum Gasteiger partial charge on any atom is -0.355 e. The van der Waals surface area contributed by atoms with Crippen LogP contribution in [-0.4, -0.2) is 84.5 Å². The lowest BCUT2D eigenvalue weighted by atomic mass is 10.0. The molecule has 6 nitrogen and oxygen atoms in total. The SMILES string of the molecule is CC1CCCCN1CCCN1CCN(CCCN2CCCC2)C1=C(C#N)C#N. The smallest absolute Gasteiger partial charge is 0.169 e. The number of piperidine rings is 1. The fraction of sp³-hybridized carbons (Fsp3) is 0.818. The predicted octanol–water partition coefficient (Wildman–Crippen LogP) is 2.61. The van der Waals surface area contributed by atoms with Gasteiger partial charge in [0.05, 0.1) is 0 Å². The predicted molar refractivity (Wildman–Crippen MR) is 111 cm³/mol. The largest absolute Gasteiger partial charge is 0.355 e. The summed E-state index contributed by atoms with van der Waals surface area (Å²) in [5, 5.41) is 19.0. The number of rotatable bonds is 8. The molecule has 3 saturated heterocycles. The summed E-state index contributed by atoms with van der Waals surface area (Å²) in [4.78, 5) is 9.70. The van der Waals surface area contributed by atoms with Crippen molar-refractivity contribution in [3.8, 4) is 12.1 Å². The molecule has 154 valence electrons. The van der Waals surface area contributed by atoms with Crippen molar-refractivity contribution in [2.45, 2.75) is 57.9 Å². The third-order valence-corrected chi connectivity index (χ3v) is 6.60. The maximum atomic E-state index is 9.48. The molecule has 3 fully saturated rings. The van der Waals surface area contributed by atoms with Crippen molar-refractivity contribution in [2.24, 2.45) is 0 Å². The Hall–Kier alpha value is -1.76. The van der Waals surface area contributed by atoms with Gasteiger partial charge in [0.1, 0.15) is 18.0 Å². The zero-order valence-electron chi connectivity index (χ0n) is 17.6. The van der Waals surface area contributed by atoms with E-state index in [1.165, 1.54) is 51.7 Å². The highest BCUT2D eigenvalue weighted by atomic mass is 15.4. The maximum absolute atomic E-state index is 9.48. The van der Waals surface area contributed by atoms with Gasteiger partial charge in [0.15, 0.2) is 5.57 Å². The summed E-state index contributed by atoms with van der Waals surface area (Å²) in [5.74, 6) is 0.887. The molecule has 3 rings (SSSR count). The first kappa shape index (κ1) is 21.0. The van der Waals surface area contributed by atoms with E-state index in [4.69, 9.17) is 0 Å². The Morgan fingerprint density at radius 1 is 0.821 bits per heavy atom. The summed E-state index contributed by atoms with van der Waals surface area (Å²) in [7, 11) is 0. The van der Waals surface area contributed by atoms with Gasteiger partial charge in [0.2, 0.25) is 0 Å². The Kier molecular flexibility index (Phi) is 8.01. The van der Waals surface area contributed by atoms with E-state index in [1.54, 1.807) is 0 Å². The van der Waals surface area contributed by atoms with Crippen LogP contribution >= 0.6 is 0 Å². The second kappa shape index (κ2) is 10.7. The molecule has 3 aliphatic heterocycles. The van der Waals surface area contributed by atoms with Crippen LogP contribution in [-0.2, 0) is 0 Å². The van der Waals surface area contributed by atoms with E-state index in [0.29, 0.717) is 6.04 Å². The summed E-state index contributed by atoms with van der Waals surface area (Å²) >= 11 is 0. The van der Waals surface area contributed by atoms with Gasteiger partial charge in [-0.25, -0.2) is 0 Å². The quantitative estimate of drug-likeness (QED) is 0.600. The van der Waals surface area contributed by atoms with Crippen LogP contribution in [0.3, 0.4) is 0 Å². The Labute approximate surface area is 171 Å². The van der Waals surface area contributed by atoms with E-state index >= 15 is 0 Å². The highest BCUT2D eigenvalue weighted by Crippen LogP contribution is 2.23. The molecule has 28 heavy (non-hydrogen) atoms. The lowest BCUT2D eigenvalue weighted by Gasteiger charge is -2.34. The minimum atomic E-state index is 0.282. The standard InChI is InChI=1S/C22H36N6/c1-20-8-2-3-12-26(20)13-7-15-28-17-16-27(22(28)21(18-23)19-24)14-6-11-25-9-4-5-10-25/h20H,2-17H2,1H3. The van der Waals surface area contributed by atoms with E-state index in [9.17, 15) is 10.5 Å².